The molecule has 2 aromatic carbocycles. The van der Waals surface area contributed by atoms with Crippen molar-refractivity contribution in [1.29, 1.82) is 0 Å². The number of aromatic amines is 1. The highest BCUT2D eigenvalue weighted by molar-refractivity contribution is 6.32. The highest BCUT2D eigenvalue weighted by Gasteiger charge is 2.26. The lowest BCUT2D eigenvalue weighted by atomic mass is 9.97. The zero-order chi connectivity index (χ0) is 25.1. The number of hydrogen-bond acceptors (Lipinski definition) is 6. The Hall–Kier alpha value is -3.10. The smallest absolute Gasteiger partial charge is 0.169 e. The number of aromatic hydroxyl groups is 1. The fraction of sp³-hybridized carbons (Fsp3) is 0.385. The lowest BCUT2D eigenvalue weighted by Gasteiger charge is -2.22. The first-order valence-corrected chi connectivity index (χ1v) is 12.2. The van der Waals surface area contributed by atoms with Gasteiger partial charge in [-0.3, -0.25) is 5.10 Å². The van der Waals surface area contributed by atoms with Gasteiger partial charge in [0.2, 0.25) is 0 Å². The fourth-order valence-electron chi connectivity index (χ4n) is 4.31. The number of nitrogens with zero attached hydrogens (tertiary/aromatic N) is 3. The van der Waals surface area contributed by atoms with E-state index in [1.807, 2.05) is 0 Å². The average molecular weight is 501 g/mol. The number of halogens is 2. The molecule has 0 spiro atoms. The van der Waals surface area contributed by atoms with Gasteiger partial charge in [0.25, 0.3) is 0 Å². The van der Waals surface area contributed by atoms with Crippen molar-refractivity contribution < 1.29 is 19.0 Å². The molecule has 7 nitrogen and oxygen atoms in total. The van der Waals surface area contributed by atoms with Crippen molar-refractivity contribution in [2.75, 3.05) is 33.4 Å². The van der Waals surface area contributed by atoms with Crippen LogP contribution in [0, 0.1) is 12.7 Å². The second-order valence-corrected chi connectivity index (χ2v) is 8.85. The number of rotatable bonds is 10. The van der Waals surface area contributed by atoms with Crippen molar-refractivity contribution in [3.8, 4) is 28.5 Å². The van der Waals surface area contributed by atoms with Gasteiger partial charge in [-0.2, -0.15) is 5.10 Å². The molecule has 35 heavy (non-hydrogen) atoms. The summed E-state index contributed by atoms with van der Waals surface area (Å²) < 4.78 is 28.0. The summed E-state index contributed by atoms with van der Waals surface area (Å²) in [5.74, 6) is 0.277. The maximum Gasteiger partial charge on any atom is 0.169 e. The van der Waals surface area contributed by atoms with E-state index in [4.69, 9.17) is 21.1 Å². The molecule has 0 bridgehead atoms. The van der Waals surface area contributed by atoms with Gasteiger partial charge in [-0.15, -0.1) is 0 Å². The monoisotopic (exact) mass is 500 g/mol. The van der Waals surface area contributed by atoms with Crippen LogP contribution in [0.15, 0.2) is 24.4 Å². The molecule has 2 heterocycles. The number of unbranched alkanes of at least 4 members (excludes halogenated alkanes) is 1. The van der Waals surface area contributed by atoms with Crippen LogP contribution in [0.2, 0.25) is 5.02 Å². The Morgan fingerprint density at radius 3 is 2.66 bits per heavy atom. The van der Waals surface area contributed by atoms with Crippen molar-refractivity contribution in [3.05, 3.63) is 40.8 Å². The molecule has 4 aromatic rings. The van der Waals surface area contributed by atoms with Gasteiger partial charge in [0.1, 0.15) is 18.2 Å². The quantitative estimate of drug-likeness (QED) is 0.274. The summed E-state index contributed by atoms with van der Waals surface area (Å²) in [5, 5.41) is 18.4. The Balaban J connectivity index is 1.87. The molecule has 186 valence electrons. The van der Waals surface area contributed by atoms with Gasteiger partial charge < -0.3 is 19.5 Å². The van der Waals surface area contributed by atoms with Gasteiger partial charge in [0.05, 0.1) is 29.4 Å². The minimum Gasteiger partial charge on any atom is -0.506 e. The van der Waals surface area contributed by atoms with Crippen LogP contribution in [0.5, 0.6) is 17.2 Å². The first kappa shape index (κ1) is 25.0. The number of hydrogen-bond donors (Lipinski definition) is 2. The number of likely N-dealkylation sites (N-methyl/N-ethyl adjacent to an activating group) is 1. The molecule has 0 fully saturated rings. The van der Waals surface area contributed by atoms with Crippen LogP contribution in [0.4, 0.5) is 4.39 Å². The van der Waals surface area contributed by atoms with E-state index < -0.39 is 5.82 Å². The number of benzene rings is 2. The van der Waals surface area contributed by atoms with Gasteiger partial charge in [-0.1, -0.05) is 31.9 Å². The van der Waals surface area contributed by atoms with E-state index in [9.17, 15) is 5.11 Å². The standard InChI is InChI=1S/C26H30ClFN4O3/c1-5-7-10-32(6-2)11-12-35-24-15(3)22(28)21-20(25(24)34-4)17-14-29-31-26(17)30-23(21)16-8-9-19(33)18(27)13-16/h8-9,13-14,33H,5-7,10-12H2,1-4H3,(H,29,30,31). The lowest BCUT2D eigenvalue weighted by molar-refractivity contribution is 0.208. The van der Waals surface area contributed by atoms with E-state index in [2.05, 4.69) is 33.9 Å². The minimum atomic E-state index is -0.455. The molecule has 0 saturated carbocycles. The molecular weight excluding hydrogens is 471 g/mol. The molecule has 0 aliphatic heterocycles. The van der Waals surface area contributed by atoms with E-state index in [-0.39, 0.29) is 16.2 Å². The lowest BCUT2D eigenvalue weighted by Crippen LogP contribution is -2.29. The molecule has 2 N–H and O–H groups in total. The summed E-state index contributed by atoms with van der Waals surface area (Å²) in [4.78, 5) is 6.95. The SMILES string of the molecule is CCCCN(CC)CCOc1c(C)c(F)c2c(-c3ccc(O)c(Cl)c3)nc3[nH]ncc3c2c1OC. The van der Waals surface area contributed by atoms with Crippen LogP contribution in [0.1, 0.15) is 32.3 Å². The van der Waals surface area contributed by atoms with E-state index in [1.54, 1.807) is 32.4 Å². The first-order chi connectivity index (χ1) is 16.9. The van der Waals surface area contributed by atoms with Gasteiger partial charge >= 0.3 is 0 Å². The third kappa shape index (κ3) is 4.73. The zero-order valence-electron chi connectivity index (χ0n) is 20.4. The summed E-state index contributed by atoms with van der Waals surface area (Å²) in [7, 11) is 1.54. The number of phenolic OH excluding ortho intramolecular Hbond substituents is 1. The Labute approximate surface area is 208 Å². The summed E-state index contributed by atoms with van der Waals surface area (Å²) in [6.07, 6.45) is 3.85. The largest absolute Gasteiger partial charge is 0.506 e. The number of nitrogens with one attached hydrogen (secondary N) is 1. The van der Waals surface area contributed by atoms with Crippen molar-refractivity contribution in [3.63, 3.8) is 0 Å². The molecule has 0 saturated heterocycles. The van der Waals surface area contributed by atoms with Crippen LogP contribution >= 0.6 is 11.6 Å². The second kappa shape index (κ2) is 10.7. The van der Waals surface area contributed by atoms with Crippen LogP contribution < -0.4 is 9.47 Å². The molecule has 0 aliphatic rings. The van der Waals surface area contributed by atoms with Crippen LogP contribution in [0.3, 0.4) is 0 Å². The van der Waals surface area contributed by atoms with Crippen LogP contribution in [-0.2, 0) is 0 Å². The molecule has 0 radical (unpaired) electrons. The van der Waals surface area contributed by atoms with Crippen molar-refractivity contribution in [2.45, 2.75) is 33.6 Å². The minimum absolute atomic E-state index is 0.0627. The predicted molar refractivity (Wildman–Crippen MR) is 137 cm³/mol. The number of fused-ring (bicyclic) bond motifs is 3. The van der Waals surface area contributed by atoms with E-state index >= 15 is 4.39 Å². The normalized spacial score (nSPS) is 11.6. The Morgan fingerprint density at radius 2 is 1.97 bits per heavy atom. The van der Waals surface area contributed by atoms with Gasteiger partial charge in [-0.05, 0) is 44.6 Å². The number of phenols is 1. The third-order valence-electron chi connectivity index (χ3n) is 6.28. The summed E-state index contributed by atoms with van der Waals surface area (Å²) in [6, 6.07) is 4.66. The highest BCUT2D eigenvalue weighted by atomic mass is 35.5. The zero-order valence-corrected chi connectivity index (χ0v) is 21.2. The number of pyridine rings is 1. The number of ether oxygens (including phenoxy) is 2. The summed E-state index contributed by atoms with van der Waals surface area (Å²) in [5.41, 5.74) is 1.72. The molecule has 9 heteroatoms. The van der Waals surface area contributed by atoms with Crippen molar-refractivity contribution in [1.82, 2.24) is 20.1 Å². The van der Waals surface area contributed by atoms with Gasteiger partial charge in [-0.25, -0.2) is 9.37 Å². The second-order valence-electron chi connectivity index (χ2n) is 8.45. The van der Waals surface area contributed by atoms with Crippen LogP contribution in [0.25, 0.3) is 33.1 Å². The maximum absolute atomic E-state index is 16.1. The summed E-state index contributed by atoms with van der Waals surface area (Å²) >= 11 is 6.15. The van der Waals surface area contributed by atoms with Gasteiger partial charge in [0.15, 0.2) is 17.1 Å². The van der Waals surface area contributed by atoms with Crippen molar-refractivity contribution in [2.24, 2.45) is 0 Å². The fourth-order valence-corrected chi connectivity index (χ4v) is 4.49. The number of methoxy groups -OCH3 is 1. The first-order valence-electron chi connectivity index (χ1n) is 11.8. The summed E-state index contributed by atoms with van der Waals surface area (Å²) in [6.45, 7) is 9.02. The Kier molecular flexibility index (Phi) is 7.62. The van der Waals surface area contributed by atoms with Gasteiger partial charge in [0, 0.05) is 28.4 Å². The molecule has 0 aliphatic carbocycles. The van der Waals surface area contributed by atoms with Crippen molar-refractivity contribution >= 4 is 33.4 Å². The molecule has 4 rings (SSSR count). The average Bonchev–Trinajstić information content (AvgIpc) is 3.34. The molecule has 2 aromatic heterocycles. The third-order valence-corrected chi connectivity index (χ3v) is 6.58. The molecular formula is C26H30ClFN4O3. The van der Waals surface area contributed by atoms with E-state index in [1.165, 1.54) is 6.07 Å². The van der Waals surface area contributed by atoms with E-state index in [0.717, 1.165) is 32.5 Å². The predicted octanol–water partition coefficient (Wildman–Crippen LogP) is 6.09. The molecule has 0 amide bonds. The topological polar surface area (TPSA) is 83.5 Å². The molecule has 0 atom stereocenters. The number of aromatic nitrogens is 3. The van der Waals surface area contributed by atoms with E-state index in [0.29, 0.717) is 51.3 Å². The Morgan fingerprint density at radius 1 is 1.17 bits per heavy atom. The van der Waals surface area contributed by atoms with Crippen LogP contribution in [-0.4, -0.2) is 58.5 Å². The Bertz CT molecular complexity index is 1360. The highest BCUT2D eigenvalue weighted by Crippen LogP contribution is 2.46. The number of H-pyrrole nitrogens is 1. The maximum atomic E-state index is 16.1. The molecule has 0 unspecified atom stereocenters.